The van der Waals surface area contributed by atoms with Crippen LogP contribution in [0, 0.1) is 6.92 Å². The molecule has 0 saturated carbocycles. The maximum Gasteiger partial charge on any atom is 0.216 e. The van der Waals surface area contributed by atoms with Crippen LogP contribution in [0.4, 0.5) is 0 Å². The predicted molar refractivity (Wildman–Crippen MR) is 136 cm³/mol. The Morgan fingerprint density at radius 3 is 2.74 bits per heavy atom. The second-order valence-electron chi connectivity index (χ2n) is 9.13. The molecule has 3 aromatic rings. The summed E-state index contributed by atoms with van der Waals surface area (Å²) in [5, 5.41) is 6.38. The molecule has 0 spiro atoms. The smallest absolute Gasteiger partial charge is 0.216 e. The Hall–Kier alpha value is -3.51. The van der Waals surface area contributed by atoms with Crippen LogP contribution in [0.15, 0.2) is 54.6 Å². The highest BCUT2D eigenvalue weighted by Gasteiger charge is 2.22. The first kappa shape index (κ1) is 23.2. The second kappa shape index (κ2) is 10.4. The van der Waals surface area contributed by atoms with Crippen molar-refractivity contribution < 1.29 is 19.0 Å². The van der Waals surface area contributed by atoms with Crippen LogP contribution < -0.4 is 24.8 Å². The summed E-state index contributed by atoms with van der Waals surface area (Å²) in [4.78, 5) is 11.0. The zero-order valence-electron chi connectivity index (χ0n) is 20.4. The van der Waals surface area contributed by atoms with E-state index in [0.717, 1.165) is 47.8 Å². The molecule has 0 unspecified atom stereocenters. The lowest BCUT2D eigenvalue weighted by Gasteiger charge is -2.20. The first-order chi connectivity index (χ1) is 17.1. The van der Waals surface area contributed by atoms with E-state index in [2.05, 4.69) is 66.1 Å². The van der Waals surface area contributed by atoms with Crippen molar-refractivity contribution in [3.8, 4) is 28.4 Å². The third kappa shape index (κ3) is 5.28. The number of rotatable bonds is 8. The van der Waals surface area contributed by atoms with Crippen LogP contribution in [-0.4, -0.2) is 32.2 Å². The zero-order valence-corrected chi connectivity index (χ0v) is 20.4. The van der Waals surface area contributed by atoms with Crippen molar-refractivity contribution in [2.75, 3.05) is 26.3 Å². The molecule has 2 aliphatic rings. The normalized spacial score (nSPS) is 16.0. The minimum Gasteiger partial charge on any atom is -0.489 e. The molecule has 1 aliphatic heterocycles. The van der Waals surface area contributed by atoms with Crippen LogP contribution in [0.5, 0.6) is 17.2 Å². The van der Waals surface area contributed by atoms with Crippen molar-refractivity contribution in [2.45, 2.75) is 39.3 Å². The molecule has 2 N–H and O–H groups in total. The van der Waals surface area contributed by atoms with E-state index in [1.807, 2.05) is 6.07 Å². The Labute approximate surface area is 206 Å². The summed E-state index contributed by atoms with van der Waals surface area (Å²) < 4.78 is 17.7. The van der Waals surface area contributed by atoms with Gasteiger partial charge in [-0.25, -0.2) is 0 Å². The standard InChI is InChI=1S/C29H32N2O4/c1-19-23(4-3-5-25(19)22-7-11-28-29(17-22)34-15-14-33-28)18-35-24-8-9-26-21(16-24)6-10-27(26)31-13-12-30-20(2)32/h3-5,7-9,11,16-17,27,31H,6,10,12-15,18H2,1-2H3,(H,30,32)/t27-/m0/s1. The summed E-state index contributed by atoms with van der Waals surface area (Å²) in [5.74, 6) is 2.51. The number of ether oxygens (including phenoxy) is 3. The maximum atomic E-state index is 11.0. The molecule has 0 radical (unpaired) electrons. The van der Waals surface area contributed by atoms with Crippen LogP contribution in [0.3, 0.4) is 0 Å². The molecule has 1 atom stereocenters. The highest BCUT2D eigenvalue weighted by atomic mass is 16.6. The van der Waals surface area contributed by atoms with E-state index in [-0.39, 0.29) is 5.91 Å². The van der Waals surface area contributed by atoms with E-state index >= 15 is 0 Å². The Bertz CT molecular complexity index is 1220. The zero-order chi connectivity index (χ0) is 24.2. The fraction of sp³-hybridized carbons (Fsp3) is 0.345. The second-order valence-corrected chi connectivity index (χ2v) is 9.13. The first-order valence-corrected chi connectivity index (χ1v) is 12.3. The van der Waals surface area contributed by atoms with Gasteiger partial charge >= 0.3 is 0 Å². The molecule has 0 aromatic heterocycles. The van der Waals surface area contributed by atoms with E-state index in [0.29, 0.717) is 32.4 Å². The van der Waals surface area contributed by atoms with Gasteiger partial charge < -0.3 is 24.8 Å². The van der Waals surface area contributed by atoms with E-state index in [9.17, 15) is 4.79 Å². The number of benzene rings is 3. The number of fused-ring (bicyclic) bond motifs is 2. The molecule has 1 heterocycles. The van der Waals surface area contributed by atoms with Crippen molar-refractivity contribution in [1.29, 1.82) is 0 Å². The molecule has 6 nitrogen and oxygen atoms in total. The van der Waals surface area contributed by atoms with Gasteiger partial charge in [-0.2, -0.15) is 0 Å². The van der Waals surface area contributed by atoms with Crippen LogP contribution in [0.2, 0.25) is 0 Å². The van der Waals surface area contributed by atoms with E-state index in [1.54, 1.807) is 6.92 Å². The Kier molecular flexibility index (Phi) is 6.91. The molecule has 5 rings (SSSR count). The van der Waals surface area contributed by atoms with Crippen molar-refractivity contribution >= 4 is 5.91 Å². The number of hydrogen-bond donors (Lipinski definition) is 2. The molecular formula is C29H32N2O4. The molecule has 182 valence electrons. The number of hydrogen-bond acceptors (Lipinski definition) is 5. The lowest BCUT2D eigenvalue weighted by molar-refractivity contribution is -0.118. The van der Waals surface area contributed by atoms with Gasteiger partial charge in [0.2, 0.25) is 5.91 Å². The Balaban J connectivity index is 1.24. The van der Waals surface area contributed by atoms with Gasteiger partial charge in [-0.05, 0) is 77.4 Å². The third-order valence-electron chi connectivity index (χ3n) is 6.78. The number of aryl methyl sites for hydroxylation is 1. The quantitative estimate of drug-likeness (QED) is 0.464. The summed E-state index contributed by atoms with van der Waals surface area (Å²) in [5.41, 5.74) is 7.32. The minimum atomic E-state index is 0.00693. The first-order valence-electron chi connectivity index (χ1n) is 12.3. The van der Waals surface area contributed by atoms with Gasteiger partial charge in [-0.1, -0.05) is 30.3 Å². The summed E-state index contributed by atoms with van der Waals surface area (Å²) in [6.45, 7) is 6.79. The van der Waals surface area contributed by atoms with Crippen LogP contribution in [0.25, 0.3) is 11.1 Å². The SMILES string of the molecule is CC(=O)NCCN[C@H]1CCc2cc(OCc3cccc(-c4ccc5c(c4)OCCO5)c3C)ccc21. The Morgan fingerprint density at radius 2 is 1.89 bits per heavy atom. The summed E-state index contributed by atoms with van der Waals surface area (Å²) in [6.07, 6.45) is 2.10. The fourth-order valence-corrected chi connectivity index (χ4v) is 4.91. The predicted octanol–water partition coefficient (Wildman–Crippen LogP) is 4.73. The highest BCUT2D eigenvalue weighted by molar-refractivity contribution is 5.72. The van der Waals surface area contributed by atoms with Gasteiger partial charge in [-0.15, -0.1) is 0 Å². The van der Waals surface area contributed by atoms with Crippen LogP contribution in [-0.2, 0) is 17.8 Å². The number of carbonyl (C=O) groups is 1. The molecule has 0 saturated heterocycles. The monoisotopic (exact) mass is 472 g/mol. The van der Waals surface area contributed by atoms with Gasteiger partial charge in [0.15, 0.2) is 11.5 Å². The number of nitrogens with one attached hydrogen (secondary N) is 2. The van der Waals surface area contributed by atoms with E-state index in [1.165, 1.54) is 22.3 Å². The molecule has 0 fully saturated rings. The summed E-state index contributed by atoms with van der Waals surface area (Å²) in [6, 6.07) is 19.2. The molecule has 1 aliphatic carbocycles. The largest absolute Gasteiger partial charge is 0.489 e. The average Bonchev–Trinajstić information content (AvgIpc) is 3.28. The number of amides is 1. The Morgan fingerprint density at radius 1 is 1.03 bits per heavy atom. The van der Waals surface area contributed by atoms with Crippen LogP contribution in [0.1, 0.15) is 41.6 Å². The minimum absolute atomic E-state index is 0.00693. The molecule has 0 bridgehead atoms. The molecule has 6 heteroatoms. The van der Waals surface area contributed by atoms with Crippen molar-refractivity contribution in [3.05, 3.63) is 76.9 Å². The lowest BCUT2D eigenvalue weighted by atomic mass is 9.96. The van der Waals surface area contributed by atoms with Gasteiger partial charge in [-0.3, -0.25) is 4.79 Å². The van der Waals surface area contributed by atoms with Gasteiger partial charge in [0.25, 0.3) is 0 Å². The van der Waals surface area contributed by atoms with Crippen molar-refractivity contribution in [2.24, 2.45) is 0 Å². The highest BCUT2D eigenvalue weighted by Crippen LogP contribution is 2.37. The molecule has 35 heavy (non-hydrogen) atoms. The lowest BCUT2D eigenvalue weighted by Crippen LogP contribution is -2.31. The number of carbonyl (C=O) groups excluding carboxylic acids is 1. The average molecular weight is 473 g/mol. The molecule has 1 amide bonds. The van der Waals surface area contributed by atoms with E-state index < -0.39 is 0 Å². The van der Waals surface area contributed by atoms with Crippen molar-refractivity contribution in [3.63, 3.8) is 0 Å². The van der Waals surface area contributed by atoms with Crippen molar-refractivity contribution in [1.82, 2.24) is 10.6 Å². The maximum absolute atomic E-state index is 11.0. The topological polar surface area (TPSA) is 68.8 Å². The molecular weight excluding hydrogens is 440 g/mol. The van der Waals surface area contributed by atoms with E-state index in [4.69, 9.17) is 14.2 Å². The summed E-state index contributed by atoms with van der Waals surface area (Å²) in [7, 11) is 0. The van der Waals surface area contributed by atoms with Crippen LogP contribution >= 0.6 is 0 Å². The molecule has 3 aromatic carbocycles. The van der Waals surface area contributed by atoms with Gasteiger partial charge in [0.05, 0.1) is 0 Å². The summed E-state index contributed by atoms with van der Waals surface area (Å²) >= 11 is 0. The fourth-order valence-electron chi connectivity index (χ4n) is 4.91. The third-order valence-corrected chi connectivity index (χ3v) is 6.78. The van der Waals surface area contributed by atoms with Gasteiger partial charge in [0, 0.05) is 26.1 Å². The van der Waals surface area contributed by atoms with Gasteiger partial charge in [0.1, 0.15) is 25.6 Å².